The van der Waals surface area contributed by atoms with E-state index in [4.69, 9.17) is 11.6 Å². The molecule has 98 valence electrons. The summed E-state index contributed by atoms with van der Waals surface area (Å²) in [5.41, 5.74) is 3.44. The van der Waals surface area contributed by atoms with Gasteiger partial charge in [0.1, 0.15) is 6.17 Å². The Labute approximate surface area is 122 Å². The molecule has 0 unspecified atom stereocenters. The highest BCUT2D eigenvalue weighted by Crippen LogP contribution is 2.38. The molecule has 2 N–H and O–H groups in total. The Morgan fingerprint density at radius 1 is 0.800 bits per heavy atom. The van der Waals surface area contributed by atoms with Crippen molar-refractivity contribution >= 4 is 33.7 Å². The number of hydrogen-bond donors (Lipinski definition) is 2. The van der Waals surface area contributed by atoms with Gasteiger partial charge < -0.3 is 10.6 Å². The van der Waals surface area contributed by atoms with E-state index in [1.165, 1.54) is 10.8 Å². The maximum atomic E-state index is 6.09. The van der Waals surface area contributed by atoms with Crippen molar-refractivity contribution in [3.05, 3.63) is 71.2 Å². The van der Waals surface area contributed by atoms with Crippen LogP contribution in [0.25, 0.3) is 10.8 Å². The van der Waals surface area contributed by atoms with E-state index in [1.54, 1.807) is 0 Å². The van der Waals surface area contributed by atoms with Crippen LogP contribution in [0, 0.1) is 0 Å². The van der Waals surface area contributed by atoms with Crippen LogP contribution in [0.5, 0.6) is 0 Å². The first-order valence-corrected chi connectivity index (χ1v) is 6.99. The zero-order chi connectivity index (χ0) is 13.5. The average Bonchev–Trinajstić information content (AvgIpc) is 2.48. The largest absolute Gasteiger partial charge is 0.361 e. The van der Waals surface area contributed by atoms with Gasteiger partial charge >= 0.3 is 0 Å². The minimum Gasteiger partial charge on any atom is -0.361 e. The van der Waals surface area contributed by atoms with E-state index in [9.17, 15) is 0 Å². The molecule has 0 saturated heterocycles. The van der Waals surface area contributed by atoms with Crippen LogP contribution >= 0.6 is 11.6 Å². The molecule has 3 heteroatoms. The quantitative estimate of drug-likeness (QED) is 0.653. The van der Waals surface area contributed by atoms with Gasteiger partial charge in [-0.3, -0.25) is 0 Å². The molecule has 3 aromatic rings. The van der Waals surface area contributed by atoms with E-state index in [0.717, 1.165) is 22.0 Å². The first-order chi connectivity index (χ1) is 9.81. The van der Waals surface area contributed by atoms with Crippen molar-refractivity contribution in [2.24, 2.45) is 0 Å². The highest BCUT2D eigenvalue weighted by atomic mass is 35.5. The SMILES string of the molecule is Clc1cccc(C2Nc3cccc4cccc(c34)N2)c1. The fourth-order valence-corrected chi connectivity index (χ4v) is 2.98. The van der Waals surface area contributed by atoms with Gasteiger partial charge in [0, 0.05) is 21.8 Å². The van der Waals surface area contributed by atoms with Crippen molar-refractivity contribution in [2.45, 2.75) is 6.17 Å². The summed E-state index contributed by atoms with van der Waals surface area (Å²) in [4.78, 5) is 0. The molecule has 1 heterocycles. The molecule has 0 amide bonds. The molecule has 0 radical (unpaired) electrons. The van der Waals surface area contributed by atoms with Crippen LogP contribution in [0.3, 0.4) is 0 Å². The smallest absolute Gasteiger partial charge is 0.123 e. The number of halogens is 1. The van der Waals surface area contributed by atoms with Gasteiger partial charge in [-0.25, -0.2) is 0 Å². The molecule has 20 heavy (non-hydrogen) atoms. The van der Waals surface area contributed by atoms with Gasteiger partial charge in [0.2, 0.25) is 0 Å². The van der Waals surface area contributed by atoms with Crippen molar-refractivity contribution in [1.82, 2.24) is 0 Å². The molecule has 0 saturated carbocycles. The van der Waals surface area contributed by atoms with Crippen molar-refractivity contribution in [3.63, 3.8) is 0 Å². The third-order valence-corrected chi connectivity index (χ3v) is 3.92. The molecular formula is C17H13ClN2. The van der Waals surface area contributed by atoms with Crippen LogP contribution in [0.15, 0.2) is 60.7 Å². The van der Waals surface area contributed by atoms with Gasteiger partial charge in [0.25, 0.3) is 0 Å². The van der Waals surface area contributed by atoms with Crippen LogP contribution in [0.4, 0.5) is 11.4 Å². The molecule has 1 aliphatic rings. The summed E-state index contributed by atoms with van der Waals surface area (Å²) in [6.07, 6.45) is 0.0363. The van der Waals surface area contributed by atoms with Gasteiger partial charge in [-0.2, -0.15) is 0 Å². The molecule has 4 rings (SSSR count). The monoisotopic (exact) mass is 280 g/mol. The molecule has 0 aliphatic carbocycles. The van der Waals surface area contributed by atoms with Gasteiger partial charge in [-0.1, -0.05) is 48.0 Å². The second kappa shape index (κ2) is 4.43. The maximum Gasteiger partial charge on any atom is 0.123 e. The molecule has 0 spiro atoms. The lowest BCUT2D eigenvalue weighted by Crippen LogP contribution is -2.23. The first kappa shape index (κ1) is 11.6. The summed E-state index contributed by atoms with van der Waals surface area (Å²) in [6, 6.07) is 20.6. The second-order valence-electron chi connectivity index (χ2n) is 4.99. The highest BCUT2D eigenvalue weighted by molar-refractivity contribution is 6.30. The summed E-state index contributed by atoms with van der Waals surface area (Å²) in [5.74, 6) is 0. The van der Waals surface area contributed by atoms with Gasteiger partial charge in [-0.15, -0.1) is 0 Å². The number of nitrogens with one attached hydrogen (secondary N) is 2. The van der Waals surface area contributed by atoms with Crippen LogP contribution in [-0.4, -0.2) is 0 Å². The zero-order valence-electron chi connectivity index (χ0n) is 10.7. The molecular weight excluding hydrogens is 268 g/mol. The highest BCUT2D eigenvalue weighted by Gasteiger charge is 2.19. The van der Waals surface area contributed by atoms with E-state index in [0.29, 0.717) is 0 Å². The minimum absolute atomic E-state index is 0.0363. The van der Waals surface area contributed by atoms with Crippen molar-refractivity contribution < 1.29 is 0 Å². The first-order valence-electron chi connectivity index (χ1n) is 6.61. The van der Waals surface area contributed by atoms with Crippen molar-refractivity contribution in [1.29, 1.82) is 0 Å². The fraction of sp³-hybridized carbons (Fsp3) is 0.0588. The molecule has 3 aromatic carbocycles. The lowest BCUT2D eigenvalue weighted by Gasteiger charge is -2.29. The molecule has 0 fully saturated rings. The standard InChI is InChI=1S/C17H13ClN2/c18-13-7-1-6-12(10-13)17-19-14-8-2-4-11-5-3-9-15(20-17)16(11)14/h1-10,17,19-20H. The van der Waals surface area contributed by atoms with Crippen LogP contribution in [0.1, 0.15) is 11.7 Å². The fourth-order valence-electron chi connectivity index (χ4n) is 2.78. The van der Waals surface area contributed by atoms with E-state index in [2.05, 4.69) is 53.1 Å². The summed E-state index contributed by atoms with van der Waals surface area (Å²) in [7, 11) is 0. The summed E-state index contributed by atoms with van der Waals surface area (Å²) in [5, 5.41) is 10.3. The normalized spacial score (nSPS) is 13.8. The Kier molecular flexibility index (Phi) is 2.57. The third kappa shape index (κ3) is 1.81. The Bertz CT molecular complexity index is 757. The Hall–Kier alpha value is -2.19. The minimum atomic E-state index is 0.0363. The summed E-state index contributed by atoms with van der Waals surface area (Å²) in [6.45, 7) is 0. The van der Waals surface area contributed by atoms with Crippen molar-refractivity contribution in [2.75, 3.05) is 10.6 Å². The predicted molar refractivity (Wildman–Crippen MR) is 85.4 cm³/mol. The topological polar surface area (TPSA) is 24.1 Å². The number of rotatable bonds is 1. The molecule has 2 nitrogen and oxygen atoms in total. The molecule has 1 aliphatic heterocycles. The van der Waals surface area contributed by atoms with Gasteiger partial charge in [-0.05, 0) is 35.2 Å². The van der Waals surface area contributed by atoms with Crippen LogP contribution < -0.4 is 10.6 Å². The number of benzene rings is 3. The van der Waals surface area contributed by atoms with Gasteiger partial charge in [0.15, 0.2) is 0 Å². The lowest BCUT2D eigenvalue weighted by molar-refractivity contribution is 0.897. The Balaban J connectivity index is 1.83. The second-order valence-corrected chi connectivity index (χ2v) is 5.42. The average molecular weight is 281 g/mol. The number of anilines is 2. The van der Waals surface area contributed by atoms with Gasteiger partial charge in [0.05, 0.1) is 0 Å². The van der Waals surface area contributed by atoms with E-state index >= 15 is 0 Å². The Morgan fingerprint density at radius 3 is 2.10 bits per heavy atom. The van der Waals surface area contributed by atoms with Crippen molar-refractivity contribution in [3.8, 4) is 0 Å². The summed E-state index contributed by atoms with van der Waals surface area (Å²) < 4.78 is 0. The van der Waals surface area contributed by atoms with Crippen LogP contribution in [-0.2, 0) is 0 Å². The van der Waals surface area contributed by atoms with E-state index < -0.39 is 0 Å². The Morgan fingerprint density at radius 2 is 1.45 bits per heavy atom. The third-order valence-electron chi connectivity index (χ3n) is 3.69. The van der Waals surface area contributed by atoms with E-state index in [1.807, 2.05) is 18.2 Å². The number of hydrogen-bond acceptors (Lipinski definition) is 2. The zero-order valence-corrected chi connectivity index (χ0v) is 11.5. The van der Waals surface area contributed by atoms with E-state index in [-0.39, 0.29) is 6.17 Å². The lowest BCUT2D eigenvalue weighted by atomic mass is 10.0. The maximum absolute atomic E-state index is 6.09. The molecule has 0 bridgehead atoms. The molecule has 0 atom stereocenters. The predicted octanol–water partition coefficient (Wildman–Crippen LogP) is 5.03. The molecule has 0 aromatic heterocycles. The summed E-state index contributed by atoms with van der Waals surface area (Å²) >= 11 is 6.09. The van der Waals surface area contributed by atoms with Crippen LogP contribution in [0.2, 0.25) is 5.02 Å².